The number of halogens is 2. The van der Waals surface area contributed by atoms with Crippen LogP contribution < -0.4 is 11.1 Å². The van der Waals surface area contributed by atoms with Gasteiger partial charge in [-0.25, -0.2) is 0 Å². The molecule has 1 fully saturated rings. The molecular weight excluding hydrogens is 357 g/mol. The van der Waals surface area contributed by atoms with Crippen LogP contribution in [0.4, 0.5) is 0 Å². The Morgan fingerprint density at radius 1 is 1.16 bits per heavy atom. The lowest BCUT2D eigenvalue weighted by molar-refractivity contribution is -0.122. The van der Waals surface area contributed by atoms with Crippen LogP contribution in [0, 0.1) is 12.8 Å². The third kappa shape index (κ3) is 7.14. The summed E-state index contributed by atoms with van der Waals surface area (Å²) in [5.41, 5.74) is 8.14. The van der Waals surface area contributed by atoms with E-state index >= 15 is 0 Å². The fourth-order valence-electron chi connectivity index (χ4n) is 3.53. The fourth-order valence-corrected chi connectivity index (χ4v) is 3.53. The van der Waals surface area contributed by atoms with Crippen molar-refractivity contribution in [1.82, 2.24) is 10.2 Å². The molecule has 4 nitrogen and oxygen atoms in total. The van der Waals surface area contributed by atoms with Gasteiger partial charge >= 0.3 is 0 Å². The van der Waals surface area contributed by atoms with E-state index in [4.69, 9.17) is 5.73 Å². The number of carbonyl (C=O) groups excluding carboxylic acids is 1. The molecule has 0 spiro atoms. The van der Waals surface area contributed by atoms with Crippen LogP contribution >= 0.6 is 24.8 Å². The lowest BCUT2D eigenvalue weighted by atomic mass is 9.83. The molecule has 1 aliphatic rings. The predicted molar refractivity (Wildman–Crippen MR) is 110 cm³/mol. The maximum atomic E-state index is 12.4. The van der Waals surface area contributed by atoms with Gasteiger partial charge in [0.25, 0.3) is 0 Å². The standard InChI is InChI=1S/C19H31N3O.2ClH/c1-14-9-11-16(12-10-14)18(20)19(23)21-13-17(22(2)3)15-7-5-4-6-8-15;;/h9-12,15,17-18H,4-8,13,20H2,1-3H3,(H,21,23);2*1H. The van der Waals surface area contributed by atoms with E-state index in [1.165, 1.54) is 37.7 Å². The first kappa shape index (κ1) is 24.2. The number of nitrogens with two attached hydrogens (primary N) is 1. The Kier molecular flexibility index (Phi) is 11.4. The van der Waals surface area contributed by atoms with Crippen molar-refractivity contribution in [3.05, 3.63) is 35.4 Å². The molecule has 1 saturated carbocycles. The first-order valence-electron chi connectivity index (χ1n) is 8.75. The number of carbonyl (C=O) groups is 1. The third-order valence-corrected chi connectivity index (χ3v) is 5.06. The molecule has 1 aromatic carbocycles. The van der Waals surface area contributed by atoms with E-state index in [-0.39, 0.29) is 30.7 Å². The van der Waals surface area contributed by atoms with Gasteiger partial charge in [-0.05, 0) is 45.3 Å². The van der Waals surface area contributed by atoms with Crippen LogP contribution in [0.2, 0.25) is 0 Å². The Morgan fingerprint density at radius 2 is 1.72 bits per heavy atom. The van der Waals surface area contributed by atoms with E-state index in [0.717, 1.165) is 5.56 Å². The molecule has 0 bridgehead atoms. The third-order valence-electron chi connectivity index (χ3n) is 5.06. The minimum atomic E-state index is -0.593. The van der Waals surface area contributed by atoms with Gasteiger partial charge in [0.1, 0.15) is 6.04 Å². The maximum absolute atomic E-state index is 12.4. The number of hydrogen-bond acceptors (Lipinski definition) is 3. The number of nitrogens with zero attached hydrogens (tertiary/aromatic N) is 1. The molecule has 0 aromatic heterocycles. The highest BCUT2D eigenvalue weighted by Crippen LogP contribution is 2.28. The average Bonchev–Trinajstić information content (AvgIpc) is 2.55. The smallest absolute Gasteiger partial charge is 0.241 e. The minimum absolute atomic E-state index is 0. The largest absolute Gasteiger partial charge is 0.353 e. The summed E-state index contributed by atoms with van der Waals surface area (Å²) in [6.45, 7) is 2.71. The van der Waals surface area contributed by atoms with Gasteiger partial charge < -0.3 is 16.0 Å². The first-order valence-corrected chi connectivity index (χ1v) is 8.75. The zero-order valence-electron chi connectivity index (χ0n) is 15.5. The number of aryl methyl sites for hydroxylation is 1. The molecule has 3 N–H and O–H groups in total. The average molecular weight is 390 g/mol. The van der Waals surface area contributed by atoms with Crippen LogP contribution in [0.1, 0.15) is 49.3 Å². The predicted octanol–water partition coefficient (Wildman–Crippen LogP) is 3.47. The van der Waals surface area contributed by atoms with Gasteiger partial charge in [0.15, 0.2) is 0 Å². The van der Waals surface area contributed by atoms with Crippen molar-refractivity contribution in [1.29, 1.82) is 0 Å². The molecule has 1 aliphatic carbocycles. The van der Waals surface area contributed by atoms with Crippen molar-refractivity contribution >= 4 is 30.7 Å². The lowest BCUT2D eigenvalue weighted by Gasteiger charge is -2.35. The number of rotatable bonds is 6. The Morgan fingerprint density at radius 3 is 2.24 bits per heavy atom. The minimum Gasteiger partial charge on any atom is -0.353 e. The summed E-state index contributed by atoms with van der Waals surface area (Å²) in [7, 11) is 4.21. The first-order chi connectivity index (χ1) is 11.0. The Balaban J connectivity index is 0.00000288. The highest BCUT2D eigenvalue weighted by molar-refractivity contribution is 5.85. The summed E-state index contributed by atoms with van der Waals surface area (Å²) in [6, 6.07) is 7.66. The van der Waals surface area contributed by atoms with Crippen LogP contribution in [0.15, 0.2) is 24.3 Å². The maximum Gasteiger partial charge on any atom is 0.241 e. The van der Waals surface area contributed by atoms with Crippen molar-refractivity contribution in [2.75, 3.05) is 20.6 Å². The monoisotopic (exact) mass is 389 g/mol. The van der Waals surface area contributed by atoms with Crippen molar-refractivity contribution in [3.8, 4) is 0 Å². The normalized spacial score (nSPS) is 17.2. The second-order valence-electron chi connectivity index (χ2n) is 7.06. The van der Waals surface area contributed by atoms with E-state index in [1.54, 1.807) is 0 Å². The number of benzene rings is 1. The van der Waals surface area contributed by atoms with Gasteiger partial charge in [-0.2, -0.15) is 0 Å². The highest BCUT2D eigenvalue weighted by Gasteiger charge is 2.26. The van der Waals surface area contributed by atoms with E-state index < -0.39 is 6.04 Å². The molecule has 1 aromatic rings. The van der Waals surface area contributed by atoms with Gasteiger partial charge in [-0.3, -0.25) is 4.79 Å². The van der Waals surface area contributed by atoms with E-state index in [9.17, 15) is 4.79 Å². The van der Waals surface area contributed by atoms with Crippen LogP contribution in [-0.4, -0.2) is 37.5 Å². The zero-order valence-corrected chi connectivity index (χ0v) is 17.2. The molecule has 144 valence electrons. The summed E-state index contributed by atoms with van der Waals surface area (Å²) in [6.07, 6.45) is 6.50. The number of amides is 1. The SMILES string of the molecule is Cc1ccc(C(N)C(=O)NCC(C2CCCCC2)N(C)C)cc1.Cl.Cl. The van der Waals surface area contributed by atoms with Gasteiger partial charge in [-0.1, -0.05) is 49.1 Å². The number of nitrogens with one attached hydrogen (secondary N) is 1. The van der Waals surface area contributed by atoms with Gasteiger partial charge in [0.05, 0.1) is 0 Å². The zero-order chi connectivity index (χ0) is 16.8. The molecule has 0 radical (unpaired) electrons. The van der Waals surface area contributed by atoms with Crippen LogP contribution in [0.3, 0.4) is 0 Å². The summed E-state index contributed by atoms with van der Waals surface area (Å²) in [5, 5.41) is 3.07. The van der Waals surface area contributed by atoms with Crippen molar-refractivity contribution in [2.24, 2.45) is 11.7 Å². The van der Waals surface area contributed by atoms with E-state index in [0.29, 0.717) is 18.5 Å². The van der Waals surface area contributed by atoms with Crippen molar-refractivity contribution < 1.29 is 4.79 Å². The lowest BCUT2D eigenvalue weighted by Crippen LogP contribution is -2.47. The van der Waals surface area contributed by atoms with Gasteiger partial charge in [0.2, 0.25) is 5.91 Å². The molecule has 2 rings (SSSR count). The van der Waals surface area contributed by atoms with Crippen molar-refractivity contribution in [3.63, 3.8) is 0 Å². The highest BCUT2D eigenvalue weighted by atomic mass is 35.5. The Bertz CT molecular complexity index is 502. The van der Waals surface area contributed by atoms with E-state index in [2.05, 4.69) is 24.3 Å². The molecular formula is C19H33Cl2N3O. The Hall–Kier alpha value is -0.810. The van der Waals surface area contributed by atoms with Gasteiger partial charge in [-0.15, -0.1) is 24.8 Å². The van der Waals surface area contributed by atoms with Crippen LogP contribution in [0.5, 0.6) is 0 Å². The quantitative estimate of drug-likeness (QED) is 0.782. The van der Waals surface area contributed by atoms with Crippen molar-refractivity contribution in [2.45, 2.75) is 51.1 Å². The van der Waals surface area contributed by atoms with E-state index in [1.807, 2.05) is 31.2 Å². The molecule has 0 heterocycles. The molecule has 0 aliphatic heterocycles. The summed E-state index contributed by atoms with van der Waals surface area (Å²) >= 11 is 0. The summed E-state index contributed by atoms with van der Waals surface area (Å²) in [5.74, 6) is 0.589. The van der Waals surface area contributed by atoms with Gasteiger partial charge in [0, 0.05) is 12.6 Å². The molecule has 6 heteroatoms. The fraction of sp³-hybridized carbons (Fsp3) is 0.632. The topological polar surface area (TPSA) is 58.4 Å². The Labute approximate surface area is 164 Å². The molecule has 25 heavy (non-hydrogen) atoms. The number of likely N-dealkylation sites (N-methyl/N-ethyl adjacent to an activating group) is 1. The molecule has 2 atom stereocenters. The molecule has 2 unspecified atom stereocenters. The van der Waals surface area contributed by atoms with Crippen LogP contribution in [-0.2, 0) is 4.79 Å². The summed E-state index contributed by atoms with van der Waals surface area (Å²) in [4.78, 5) is 14.6. The number of hydrogen-bond donors (Lipinski definition) is 2. The second kappa shape index (κ2) is 11.7. The second-order valence-corrected chi connectivity index (χ2v) is 7.06. The summed E-state index contributed by atoms with van der Waals surface area (Å²) < 4.78 is 0. The molecule has 1 amide bonds. The molecule has 0 saturated heterocycles. The van der Waals surface area contributed by atoms with Crippen LogP contribution in [0.25, 0.3) is 0 Å².